The molecule has 1 heterocycles. The zero-order valence-corrected chi connectivity index (χ0v) is 19.4. The highest BCUT2D eigenvalue weighted by Gasteiger charge is 2.38. The number of nitrogens with two attached hydrogens (primary N) is 1. The normalized spacial score (nSPS) is 22.3. The van der Waals surface area contributed by atoms with E-state index in [0.717, 1.165) is 22.0 Å². The Labute approximate surface area is 184 Å². The molecule has 30 heavy (non-hydrogen) atoms. The van der Waals surface area contributed by atoms with Crippen molar-refractivity contribution in [1.29, 1.82) is 0 Å². The minimum Gasteiger partial charge on any atom is -0.323 e. The summed E-state index contributed by atoms with van der Waals surface area (Å²) in [6.07, 6.45) is 4.61. The van der Waals surface area contributed by atoms with Crippen LogP contribution >= 0.6 is 30.9 Å². The van der Waals surface area contributed by atoms with Crippen molar-refractivity contribution >= 4 is 51.9 Å². The number of rotatable bonds is 8. The molecule has 0 unspecified atom stereocenters. The summed E-state index contributed by atoms with van der Waals surface area (Å²) in [4.78, 5) is 22.7. The van der Waals surface area contributed by atoms with E-state index in [4.69, 9.17) is 25.0 Å². The predicted octanol–water partition coefficient (Wildman–Crippen LogP) is 5.42. The molecular weight excluding hydrogens is 439 g/mol. The van der Waals surface area contributed by atoms with Gasteiger partial charge < -0.3 is 15.5 Å². The van der Waals surface area contributed by atoms with Crippen LogP contribution < -0.4 is 5.73 Å². The number of phosphoric acid groups is 1. The zero-order valence-electron chi connectivity index (χ0n) is 16.9. The summed E-state index contributed by atoms with van der Waals surface area (Å²) in [5.74, 6) is 1.37. The minimum absolute atomic E-state index is 0.124. The standard InChI is InChI=1S/C21H27N2O4PS2/c1-2-3-10-29-20-23-18-7-5-15-11-14(4-6-17(15)19(18)30-20)16-8-9-21(22,12-16)13-27-28(24,25)26/h4-7,11,16H,2-3,8-10,12-13,22H2,1H3,(H2,24,25,26)/t16-,21+/m0/s1. The first-order valence-electron chi connectivity index (χ1n) is 10.2. The number of thioether (sulfide) groups is 1. The molecule has 1 aromatic heterocycles. The van der Waals surface area contributed by atoms with Crippen molar-refractivity contribution in [2.45, 2.75) is 54.8 Å². The fourth-order valence-corrected chi connectivity index (χ4v) is 6.88. The van der Waals surface area contributed by atoms with Crippen LogP contribution in [-0.2, 0) is 9.09 Å². The molecule has 1 aliphatic carbocycles. The van der Waals surface area contributed by atoms with Crippen LogP contribution in [0.4, 0.5) is 0 Å². The van der Waals surface area contributed by atoms with Crippen LogP contribution in [0.1, 0.15) is 50.5 Å². The molecule has 0 amide bonds. The summed E-state index contributed by atoms with van der Waals surface area (Å²) < 4.78 is 18.1. The van der Waals surface area contributed by atoms with E-state index in [0.29, 0.717) is 12.8 Å². The average molecular weight is 467 g/mol. The number of phosphoric ester groups is 1. The monoisotopic (exact) mass is 466 g/mol. The summed E-state index contributed by atoms with van der Waals surface area (Å²) in [7, 11) is -4.50. The van der Waals surface area contributed by atoms with Gasteiger partial charge in [0.25, 0.3) is 0 Å². The molecule has 9 heteroatoms. The Kier molecular flexibility index (Phi) is 6.56. The number of thiazole rings is 1. The molecule has 0 spiro atoms. The minimum atomic E-state index is -4.50. The molecule has 162 valence electrons. The predicted molar refractivity (Wildman–Crippen MR) is 124 cm³/mol. The van der Waals surface area contributed by atoms with E-state index in [9.17, 15) is 4.57 Å². The number of benzene rings is 2. The van der Waals surface area contributed by atoms with E-state index in [2.05, 4.69) is 37.3 Å². The Bertz CT molecular complexity index is 1100. The fourth-order valence-electron chi connectivity index (χ4n) is 4.12. The van der Waals surface area contributed by atoms with Gasteiger partial charge in [-0.15, -0.1) is 11.3 Å². The highest BCUT2D eigenvalue weighted by molar-refractivity contribution is 8.01. The van der Waals surface area contributed by atoms with E-state index in [1.54, 1.807) is 11.3 Å². The van der Waals surface area contributed by atoms with Gasteiger partial charge in [-0.1, -0.05) is 49.4 Å². The topological polar surface area (TPSA) is 106 Å². The van der Waals surface area contributed by atoms with E-state index in [-0.39, 0.29) is 12.5 Å². The Balaban J connectivity index is 1.53. The number of hydrogen-bond donors (Lipinski definition) is 3. The summed E-state index contributed by atoms with van der Waals surface area (Å²) in [6, 6.07) is 10.8. The molecule has 2 atom stereocenters. The van der Waals surface area contributed by atoms with Crippen molar-refractivity contribution in [1.82, 2.24) is 4.98 Å². The van der Waals surface area contributed by atoms with Crippen LogP contribution in [0.2, 0.25) is 0 Å². The molecule has 4 rings (SSSR count). The van der Waals surface area contributed by atoms with Crippen LogP contribution in [0.15, 0.2) is 34.7 Å². The van der Waals surface area contributed by atoms with Gasteiger partial charge in [0.1, 0.15) is 0 Å². The maximum Gasteiger partial charge on any atom is 0.469 e. The van der Waals surface area contributed by atoms with E-state index in [1.807, 2.05) is 11.8 Å². The molecule has 0 aliphatic heterocycles. The fraction of sp³-hybridized carbons (Fsp3) is 0.476. The largest absolute Gasteiger partial charge is 0.469 e. The molecule has 1 aliphatic rings. The van der Waals surface area contributed by atoms with Gasteiger partial charge in [-0.05, 0) is 48.6 Å². The molecule has 6 nitrogen and oxygen atoms in total. The maximum absolute atomic E-state index is 11.0. The second-order valence-electron chi connectivity index (χ2n) is 8.14. The highest BCUT2D eigenvalue weighted by atomic mass is 32.2. The lowest BCUT2D eigenvalue weighted by molar-refractivity contribution is 0.153. The van der Waals surface area contributed by atoms with Crippen LogP contribution in [-0.4, -0.2) is 32.7 Å². The van der Waals surface area contributed by atoms with Gasteiger partial charge >= 0.3 is 7.82 Å². The molecular formula is C21H27N2O4PS2. The SMILES string of the molecule is CCCCSc1nc2ccc3cc([C@H]4CC[C@](N)(COP(=O)(O)O)C4)ccc3c2s1. The molecule has 0 bridgehead atoms. The molecule has 1 fully saturated rings. The maximum atomic E-state index is 11.0. The van der Waals surface area contributed by atoms with Gasteiger partial charge in [-0.25, -0.2) is 9.55 Å². The van der Waals surface area contributed by atoms with Crippen LogP contribution in [0, 0.1) is 0 Å². The van der Waals surface area contributed by atoms with Crippen LogP contribution in [0.5, 0.6) is 0 Å². The van der Waals surface area contributed by atoms with Crippen molar-refractivity contribution in [2.75, 3.05) is 12.4 Å². The van der Waals surface area contributed by atoms with Gasteiger partial charge in [0.2, 0.25) is 0 Å². The number of fused-ring (bicyclic) bond motifs is 3. The van der Waals surface area contributed by atoms with Crippen molar-refractivity contribution < 1.29 is 18.9 Å². The van der Waals surface area contributed by atoms with Gasteiger partial charge in [-0.2, -0.15) is 0 Å². The lowest BCUT2D eigenvalue weighted by Crippen LogP contribution is -2.41. The number of nitrogens with zero attached hydrogens (tertiary/aromatic N) is 1. The Hall–Kier alpha value is -0.990. The van der Waals surface area contributed by atoms with Crippen molar-refractivity contribution in [3.8, 4) is 0 Å². The lowest BCUT2D eigenvalue weighted by atomic mass is 9.92. The average Bonchev–Trinajstić information content (AvgIpc) is 3.30. The first kappa shape index (κ1) is 22.2. The first-order valence-corrected chi connectivity index (χ1v) is 13.5. The number of unbranched alkanes of at least 4 members (excludes halogenated alkanes) is 1. The smallest absolute Gasteiger partial charge is 0.323 e. The number of aromatic nitrogens is 1. The van der Waals surface area contributed by atoms with Crippen molar-refractivity contribution in [3.63, 3.8) is 0 Å². The zero-order chi connectivity index (χ0) is 21.4. The third-order valence-electron chi connectivity index (χ3n) is 5.73. The summed E-state index contributed by atoms with van der Waals surface area (Å²) in [5, 5.41) is 2.41. The third-order valence-corrected chi connectivity index (χ3v) is 8.53. The second-order valence-corrected chi connectivity index (χ2v) is 11.7. The molecule has 0 radical (unpaired) electrons. The van der Waals surface area contributed by atoms with E-state index < -0.39 is 13.4 Å². The van der Waals surface area contributed by atoms with Crippen molar-refractivity contribution in [3.05, 3.63) is 35.9 Å². The summed E-state index contributed by atoms with van der Waals surface area (Å²) in [5.41, 5.74) is 7.92. The number of hydrogen-bond acceptors (Lipinski definition) is 6. The molecule has 1 saturated carbocycles. The quantitative estimate of drug-likeness (QED) is 0.231. The first-order chi connectivity index (χ1) is 14.3. The van der Waals surface area contributed by atoms with E-state index in [1.165, 1.54) is 33.9 Å². The highest BCUT2D eigenvalue weighted by Crippen LogP contribution is 2.44. The van der Waals surface area contributed by atoms with Crippen molar-refractivity contribution in [2.24, 2.45) is 5.73 Å². The van der Waals surface area contributed by atoms with Gasteiger partial charge in [-0.3, -0.25) is 4.52 Å². The Morgan fingerprint density at radius 3 is 2.97 bits per heavy atom. The van der Waals surface area contributed by atoms with Crippen LogP contribution in [0.3, 0.4) is 0 Å². The second kappa shape index (κ2) is 8.87. The lowest BCUT2D eigenvalue weighted by Gasteiger charge is -2.24. The Morgan fingerprint density at radius 2 is 2.20 bits per heavy atom. The molecule has 4 N–H and O–H groups in total. The van der Waals surface area contributed by atoms with Crippen LogP contribution in [0.25, 0.3) is 21.0 Å². The van der Waals surface area contributed by atoms with Gasteiger partial charge in [0, 0.05) is 16.7 Å². The summed E-state index contributed by atoms with van der Waals surface area (Å²) >= 11 is 3.60. The molecule has 0 saturated heterocycles. The summed E-state index contributed by atoms with van der Waals surface area (Å²) in [6.45, 7) is 2.08. The van der Waals surface area contributed by atoms with Gasteiger partial charge in [0.15, 0.2) is 4.34 Å². The molecule has 2 aromatic carbocycles. The van der Waals surface area contributed by atoms with E-state index >= 15 is 0 Å². The van der Waals surface area contributed by atoms with Gasteiger partial charge in [0.05, 0.1) is 16.8 Å². The molecule has 3 aromatic rings. The third kappa shape index (κ3) is 5.07. The Morgan fingerprint density at radius 1 is 1.37 bits per heavy atom.